The monoisotopic (exact) mass is 261 g/mol. The van der Waals surface area contributed by atoms with E-state index in [1.807, 2.05) is 0 Å². The number of carbonyl (C=O) groups excluding carboxylic acids is 1. The standard InChI is InChI=1S/C16H23NO2/c1-10-8-11-12-4-2-6-17-7-3-5-13(15(19)14(11)18)16(12,17)9-10/h4,10-11,13-14,18H,2-3,5-9H2,1H3/t10?,11-,13-,14+,16-/m1/s1. The summed E-state index contributed by atoms with van der Waals surface area (Å²) in [6.45, 7) is 4.53. The van der Waals surface area contributed by atoms with Crippen molar-refractivity contribution in [1.29, 1.82) is 0 Å². The van der Waals surface area contributed by atoms with Gasteiger partial charge in [-0.05, 0) is 50.1 Å². The van der Waals surface area contributed by atoms with Crippen molar-refractivity contribution >= 4 is 5.78 Å². The Morgan fingerprint density at radius 2 is 2.26 bits per heavy atom. The zero-order valence-corrected chi connectivity index (χ0v) is 11.6. The molecule has 2 aliphatic carbocycles. The molecule has 4 rings (SSSR count). The molecule has 4 aliphatic rings. The van der Waals surface area contributed by atoms with Gasteiger partial charge in [-0.1, -0.05) is 13.0 Å². The minimum absolute atomic E-state index is 0.00481. The number of hydrogen-bond donors (Lipinski definition) is 1. The third-order valence-corrected chi connectivity index (χ3v) is 6.06. The van der Waals surface area contributed by atoms with Crippen molar-refractivity contribution in [3.63, 3.8) is 0 Å². The summed E-state index contributed by atoms with van der Waals surface area (Å²) in [5.41, 5.74) is 1.42. The van der Waals surface area contributed by atoms with Crippen molar-refractivity contribution in [3.8, 4) is 0 Å². The van der Waals surface area contributed by atoms with E-state index in [1.54, 1.807) is 0 Å². The average molecular weight is 261 g/mol. The number of carbonyl (C=O) groups is 1. The molecule has 2 aliphatic heterocycles. The summed E-state index contributed by atoms with van der Waals surface area (Å²) in [7, 11) is 0. The highest BCUT2D eigenvalue weighted by Crippen LogP contribution is 2.57. The van der Waals surface area contributed by atoms with Crippen LogP contribution >= 0.6 is 0 Å². The van der Waals surface area contributed by atoms with Gasteiger partial charge in [0.15, 0.2) is 5.78 Å². The second-order valence-corrected chi connectivity index (χ2v) is 7.05. The molecule has 3 heteroatoms. The van der Waals surface area contributed by atoms with Crippen LogP contribution in [0, 0.1) is 17.8 Å². The molecule has 0 aromatic rings. The number of ketones is 1. The van der Waals surface area contributed by atoms with Crippen LogP contribution in [-0.2, 0) is 4.79 Å². The molecule has 1 saturated heterocycles. The zero-order valence-electron chi connectivity index (χ0n) is 11.6. The normalized spacial score (nSPS) is 49.6. The smallest absolute Gasteiger partial charge is 0.167 e. The van der Waals surface area contributed by atoms with Gasteiger partial charge in [-0.3, -0.25) is 9.69 Å². The van der Waals surface area contributed by atoms with E-state index in [2.05, 4.69) is 17.9 Å². The first-order chi connectivity index (χ1) is 9.14. The number of aliphatic hydroxyl groups excluding tert-OH is 1. The van der Waals surface area contributed by atoms with Crippen LogP contribution in [0.5, 0.6) is 0 Å². The highest BCUT2D eigenvalue weighted by molar-refractivity contribution is 5.90. The van der Waals surface area contributed by atoms with Gasteiger partial charge in [0.25, 0.3) is 0 Å². The van der Waals surface area contributed by atoms with Gasteiger partial charge in [-0.15, -0.1) is 0 Å². The van der Waals surface area contributed by atoms with Gasteiger partial charge in [0.05, 0.1) is 5.54 Å². The molecule has 5 atom stereocenters. The Hall–Kier alpha value is -0.670. The third-order valence-electron chi connectivity index (χ3n) is 6.06. The molecular weight excluding hydrogens is 238 g/mol. The van der Waals surface area contributed by atoms with Crippen molar-refractivity contribution in [3.05, 3.63) is 11.6 Å². The summed E-state index contributed by atoms with van der Waals surface area (Å²) >= 11 is 0. The molecule has 3 fully saturated rings. The molecule has 2 heterocycles. The van der Waals surface area contributed by atoms with E-state index in [0.717, 1.165) is 45.2 Å². The van der Waals surface area contributed by atoms with Gasteiger partial charge in [0, 0.05) is 18.4 Å². The van der Waals surface area contributed by atoms with E-state index in [0.29, 0.717) is 5.92 Å². The maximum Gasteiger partial charge on any atom is 0.167 e. The van der Waals surface area contributed by atoms with Crippen molar-refractivity contribution in [2.45, 2.75) is 50.7 Å². The maximum atomic E-state index is 12.6. The van der Waals surface area contributed by atoms with Crippen LogP contribution in [0.1, 0.15) is 39.0 Å². The molecule has 2 saturated carbocycles. The molecule has 0 amide bonds. The number of rotatable bonds is 0. The van der Waals surface area contributed by atoms with Crippen LogP contribution in [0.4, 0.5) is 0 Å². The van der Waals surface area contributed by atoms with Crippen LogP contribution in [0.3, 0.4) is 0 Å². The minimum atomic E-state index is -0.731. The lowest BCUT2D eigenvalue weighted by Gasteiger charge is -2.63. The Balaban J connectivity index is 1.90. The predicted molar refractivity (Wildman–Crippen MR) is 72.6 cm³/mol. The first-order valence-electron chi connectivity index (χ1n) is 7.82. The van der Waals surface area contributed by atoms with Gasteiger partial charge in [0.2, 0.25) is 0 Å². The number of aliphatic hydroxyl groups is 1. The fourth-order valence-electron chi connectivity index (χ4n) is 5.51. The van der Waals surface area contributed by atoms with Crippen molar-refractivity contribution in [1.82, 2.24) is 4.90 Å². The largest absolute Gasteiger partial charge is 0.385 e. The molecular formula is C16H23NO2. The number of nitrogens with zero attached hydrogens (tertiary/aromatic N) is 1. The lowest BCUT2D eigenvalue weighted by molar-refractivity contribution is -0.154. The molecule has 0 aromatic carbocycles. The fraction of sp³-hybridized carbons (Fsp3) is 0.812. The third kappa shape index (κ3) is 1.38. The predicted octanol–water partition coefficient (Wildman–Crippen LogP) is 1.76. The van der Waals surface area contributed by atoms with E-state index < -0.39 is 6.10 Å². The summed E-state index contributed by atoms with van der Waals surface area (Å²) in [5.74, 6) is 0.918. The van der Waals surface area contributed by atoms with Crippen molar-refractivity contribution < 1.29 is 9.90 Å². The van der Waals surface area contributed by atoms with Gasteiger partial charge in [0.1, 0.15) is 6.10 Å². The first kappa shape index (κ1) is 12.1. The van der Waals surface area contributed by atoms with Crippen molar-refractivity contribution in [2.75, 3.05) is 13.1 Å². The summed E-state index contributed by atoms with van der Waals surface area (Å²) in [4.78, 5) is 15.2. The topological polar surface area (TPSA) is 40.5 Å². The summed E-state index contributed by atoms with van der Waals surface area (Å²) in [5, 5.41) is 10.4. The van der Waals surface area contributed by atoms with E-state index in [1.165, 1.54) is 5.57 Å². The van der Waals surface area contributed by atoms with E-state index >= 15 is 0 Å². The highest BCUT2D eigenvalue weighted by atomic mass is 16.3. The van der Waals surface area contributed by atoms with Gasteiger partial charge < -0.3 is 5.11 Å². The molecule has 0 radical (unpaired) electrons. The maximum absolute atomic E-state index is 12.6. The fourth-order valence-corrected chi connectivity index (χ4v) is 5.51. The molecule has 3 nitrogen and oxygen atoms in total. The second kappa shape index (κ2) is 3.92. The Kier molecular flexibility index (Phi) is 2.50. The van der Waals surface area contributed by atoms with Gasteiger partial charge >= 0.3 is 0 Å². The van der Waals surface area contributed by atoms with E-state index in [9.17, 15) is 9.90 Å². The Morgan fingerprint density at radius 3 is 3.11 bits per heavy atom. The Morgan fingerprint density at radius 1 is 1.42 bits per heavy atom. The minimum Gasteiger partial charge on any atom is -0.385 e. The Bertz CT molecular complexity index is 458. The first-order valence-corrected chi connectivity index (χ1v) is 7.82. The Labute approximate surface area is 114 Å². The van der Waals surface area contributed by atoms with E-state index in [4.69, 9.17) is 0 Å². The summed E-state index contributed by atoms with van der Waals surface area (Å²) in [6.07, 6.45) is 6.92. The van der Waals surface area contributed by atoms with Crippen LogP contribution < -0.4 is 0 Å². The average Bonchev–Trinajstić information content (AvgIpc) is 2.40. The number of piperidine rings is 1. The molecule has 2 bridgehead atoms. The highest BCUT2D eigenvalue weighted by Gasteiger charge is 2.62. The second-order valence-electron chi connectivity index (χ2n) is 7.05. The van der Waals surface area contributed by atoms with Crippen molar-refractivity contribution in [2.24, 2.45) is 17.8 Å². The van der Waals surface area contributed by atoms with Gasteiger partial charge in [-0.2, -0.15) is 0 Å². The van der Waals surface area contributed by atoms with Crippen LogP contribution in [0.2, 0.25) is 0 Å². The molecule has 104 valence electrons. The summed E-state index contributed by atoms with van der Waals surface area (Å²) in [6, 6.07) is 0. The summed E-state index contributed by atoms with van der Waals surface area (Å²) < 4.78 is 0. The van der Waals surface area contributed by atoms with E-state index in [-0.39, 0.29) is 23.2 Å². The van der Waals surface area contributed by atoms with Crippen LogP contribution in [0.25, 0.3) is 0 Å². The zero-order chi connectivity index (χ0) is 13.2. The molecule has 1 N–H and O–H groups in total. The van der Waals surface area contributed by atoms with Crippen LogP contribution in [-0.4, -0.2) is 40.5 Å². The van der Waals surface area contributed by atoms with Gasteiger partial charge in [-0.25, -0.2) is 0 Å². The number of Topliss-reactive ketones (excluding diaryl/α,β-unsaturated/α-hetero) is 1. The molecule has 1 unspecified atom stereocenters. The molecule has 19 heavy (non-hydrogen) atoms. The van der Waals surface area contributed by atoms with Crippen LogP contribution in [0.15, 0.2) is 11.6 Å². The quantitative estimate of drug-likeness (QED) is 0.675. The SMILES string of the molecule is CC1C[C@@H]2C3=CCCN4CCC[C@H](C(=O)[C@H]2O)[C@@]34C1. The lowest BCUT2D eigenvalue weighted by Crippen LogP contribution is -2.70. The molecule has 1 spiro atoms. The molecule has 0 aromatic heterocycles. The lowest BCUT2D eigenvalue weighted by atomic mass is 9.51. The number of hydrogen-bond acceptors (Lipinski definition) is 3.